The molecule has 17 heavy (non-hydrogen) atoms. The Hall–Kier alpha value is -0.650. The molecule has 0 radical (unpaired) electrons. The predicted octanol–water partition coefficient (Wildman–Crippen LogP) is 0.235. The SMILES string of the molecule is CCOC(=O)C(CN)C(C)(C)N1CCOCC1. The number of nitrogens with zero attached hydrogens (tertiary/aromatic N) is 1. The van der Waals surface area contributed by atoms with Crippen LogP contribution >= 0.6 is 0 Å². The molecular formula is C12H24N2O3. The van der Waals surface area contributed by atoms with Gasteiger partial charge in [-0.1, -0.05) is 0 Å². The lowest BCUT2D eigenvalue weighted by molar-refractivity contribution is -0.154. The van der Waals surface area contributed by atoms with Gasteiger partial charge in [0.15, 0.2) is 0 Å². The van der Waals surface area contributed by atoms with Crippen molar-refractivity contribution in [2.45, 2.75) is 26.3 Å². The minimum absolute atomic E-state index is 0.202. The number of esters is 1. The largest absolute Gasteiger partial charge is 0.466 e. The third kappa shape index (κ3) is 3.40. The Kier molecular flexibility index (Phi) is 5.36. The van der Waals surface area contributed by atoms with Crippen LogP contribution in [0.15, 0.2) is 0 Å². The second-order valence-electron chi connectivity index (χ2n) is 4.79. The summed E-state index contributed by atoms with van der Waals surface area (Å²) < 4.78 is 10.4. The highest BCUT2D eigenvalue weighted by atomic mass is 16.5. The average molecular weight is 244 g/mol. The molecule has 1 unspecified atom stereocenters. The first-order valence-electron chi connectivity index (χ1n) is 6.23. The smallest absolute Gasteiger partial charge is 0.312 e. The van der Waals surface area contributed by atoms with Crippen molar-refractivity contribution in [3.8, 4) is 0 Å². The Morgan fingerprint density at radius 3 is 2.53 bits per heavy atom. The molecule has 2 N–H and O–H groups in total. The van der Waals surface area contributed by atoms with E-state index in [1.54, 1.807) is 0 Å². The number of hydrogen-bond acceptors (Lipinski definition) is 5. The molecule has 1 aliphatic heterocycles. The number of rotatable bonds is 5. The summed E-state index contributed by atoms with van der Waals surface area (Å²) in [4.78, 5) is 14.2. The number of morpholine rings is 1. The molecule has 0 aromatic rings. The van der Waals surface area contributed by atoms with Gasteiger partial charge in [0, 0.05) is 25.2 Å². The zero-order chi connectivity index (χ0) is 12.9. The Balaban J connectivity index is 2.72. The van der Waals surface area contributed by atoms with Gasteiger partial charge >= 0.3 is 5.97 Å². The lowest BCUT2D eigenvalue weighted by Crippen LogP contribution is -2.57. The van der Waals surface area contributed by atoms with Crippen LogP contribution in [0.5, 0.6) is 0 Å². The topological polar surface area (TPSA) is 64.8 Å². The van der Waals surface area contributed by atoms with Crippen LogP contribution in [0.4, 0.5) is 0 Å². The van der Waals surface area contributed by atoms with Crippen LogP contribution in [0.3, 0.4) is 0 Å². The molecule has 100 valence electrons. The molecule has 1 saturated heterocycles. The maximum atomic E-state index is 11.9. The van der Waals surface area contributed by atoms with Gasteiger partial charge in [0.25, 0.3) is 0 Å². The van der Waals surface area contributed by atoms with Crippen molar-refractivity contribution in [1.82, 2.24) is 4.90 Å². The fourth-order valence-corrected chi connectivity index (χ4v) is 2.28. The predicted molar refractivity (Wildman–Crippen MR) is 65.6 cm³/mol. The molecule has 0 spiro atoms. The molecule has 1 fully saturated rings. The molecule has 5 nitrogen and oxygen atoms in total. The molecule has 1 aliphatic rings. The molecule has 5 heteroatoms. The van der Waals surface area contributed by atoms with Gasteiger partial charge < -0.3 is 15.2 Å². The molecule has 1 atom stereocenters. The molecule has 0 aromatic heterocycles. The van der Waals surface area contributed by atoms with Gasteiger partial charge in [-0.2, -0.15) is 0 Å². The van der Waals surface area contributed by atoms with Crippen molar-refractivity contribution >= 4 is 5.97 Å². The standard InChI is InChI=1S/C12H24N2O3/c1-4-17-11(15)10(9-13)12(2,3)14-5-7-16-8-6-14/h10H,4-9,13H2,1-3H3. The second kappa shape index (κ2) is 6.33. The summed E-state index contributed by atoms with van der Waals surface area (Å²) >= 11 is 0. The van der Waals surface area contributed by atoms with Crippen LogP contribution in [0.1, 0.15) is 20.8 Å². The number of nitrogens with two attached hydrogens (primary N) is 1. The quantitative estimate of drug-likeness (QED) is 0.702. The van der Waals surface area contributed by atoms with Gasteiger partial charge in [0.05, 0.1) is 25.7 Å². The van der Waals surface area contributed by atoms with Crippen LogP contribution in [-0.2, 0) is 14.3 Å². The maximum absolute atomic E-state index is 11.9. The second-order valence-corrected chi connectivity index (χ2v) is 4.79. The minimum Gasteiger partial charge on any atom is -0.466 e. The van der Waals surface area contributed by atoms with E-state index in [2.05, 4.69) is 4.90 Å². The molecule has 0 aliphatic carbocycles. The zero-order valence-corrected chi connectivity index (χ0v) is 11.1. The van der Waals surface area contributed by atoms with Crippen molar-refractivity contribution < 1.29 is 14.3 Å². The molecule has 0 amide bonds. The van der Waals surface area contributed by atoms with Gasteiger partial charge in [0.1, 0.15) is 0 Å². The highest BCUT2D eigenvalue weighted by Crippen LogP contribution is 2.26. The van der Waals surface area contributed by atoms with E-state index < -0.39 is 0 Å². The van der Waals surface area contributed by atoms with Crippen LogP contribution in [-0.4, -0.2) is 55.9 Å². The van der Waals surface area contributed by atoms with Crippen LogP contribution in [0.2, 0.25) is 0 Å². The highest BCUT2D eigenvalue weighted by Gasteiger charge is 2.40. The summed E-state index contributed by atoms with van der Waals surface area (Å²) in [6, 6.07) is 0. The summed E-state index contributed by atoms with van der Waals surface area (Å²) in [6.07, 6.45) is 0. The summed E-state index contributed by atoms with van der Waals surface area (Å²) in [6.45, 7) is 9.71. The normalized spacial score (nSPS) is 20.0. The lowest BCUT2D eigenvalue weighted by Gasteiger charge is -2.44. The lowest BCUT2D eigenvalue weighted by atomic mass is 9.85. The third-order valence-electron chi connectivity index (χ3n) is 3.49. The fourth-order valence-electron chi connectivity index (χ4n) is 2.28. The summed E-state index contributed by atoms with van der Waals surface area (Å²) in [7, 11) is 0. The monoisotopic (exact) mass is 244 g/mol. The first kappa shape index (κ1) is 14.4. The van der Waals surface area contributed by atoms with Crippen molar-refractivity contribution in [2.24, 2.45) is 11.7 Å². The molecule has 1 rings (SSSR count). The summed E-state index contributed by atoms with van der Waals surface area (Å²) in [5.74, 6) is -0.493. The number of hydrogen-bond donors (Lipinski definition) is 1. The van der Waals surface area contributed by atoms with E-state index >= 15 is 0 Å². The first-order chi connectivity index (χ1) is 8.04. The summed E-state index contributed by atoms with van der Waals surface area (Å²) in [5.41, 5.74) is 5.45. The van der Waals surface area contributed by atoms with Gasteiger partial charge in [-0.3, -0.25) is 9.69 Å². The van der Waals surface area contributed by atoms with Gasteiger partial charge in [-0.05, 0) is 20.8 Å². The minimum atomic E-state index is -0.291. The number of ether oxygens (including phenoxy) is 2. The van der Waals surface area contributed by atoms with E-state index in [-0.39, 0.29) is 17.4 Å². The van der Waals surface area contributed by atoms with Crippen molar-refractivity contribution in [3.05, 3.63) is 0 Å². The number of carbonyl (C=O) groups excluding carboxylic acids is 1. The zero-order valence-electron chi connectivity index (χ0n) is 11.1. The van der Waals surface area contributed by atoms with E-state index in [9.17, 15) is 4.79 Å². The molecule has 0 aromatic carbocycles. The van der Waals surface area contributed by atoms with Crippen molar-refractivity contribution in [1.29, 1.82) is 0 Å². The van der Waals surface area contributed by atoms with Crippen LogP contribution in [0, 0.1) is 5.92 Å². The van der Waals surface area contributed by atoms with E-state index in [4.69, 9.17) is 15.2 Å². The fraction of sp³-hybridized carbons (Fsp3) is 0.917. The maximum Gasteiger partial charge on any atom is 0.312 e. The van der Waals surface area contributed by atoms with Gasteiger partial charge in [-0.15, -0.1) is 0 Å². The van der Waals surface area contributed by atoms with Crippen molar-refractivity contribution in [3.63, 3.8) is 0 Å². The highest BCUT2D eigenvalue weighted by molar-refractivity contribution is 5.74. The van der Waals surface area contributed by atoms with E-state index in [0.717, 1.165) is 13.1 Å². The van der Waals surface area contributed by atoms with E-state index in [0.29, 0.717) is 26.4 Å². The first-order valence-corrected chi connectivity index (χ1v) is 6.23. The van der Waals surface area contributed by atoms with Crippen LogP contribution in [0.25, 0.3) is 0 Å². The Labute approximate surface area is 103 Å². The van der Waals surface area contributed by atoms with Gasteiger partial charge in [-0.25, -0.2) is 0 Å². The Morgan fingerprint density at radius 2 is 2.06 bits per heavy atom. The Morgan fingerprint density at radius 1 is 1.47 bits per heavy atom. The molecule has 0 saturated carbocycles. The van der Waals surface area contributed by atoms with E-state index in [1.807, 2.05) is 20.8 Å². The third-order valence-corrected chi connectivity index (χ3v) is 3.49. The van der Waals surface area contributed by atoms with E-state index in [1.165, 1.54) is 0 Å². The summed E-state index contributed by atoms with van der Waals surface area (Å²) in [5, 5.41) is 0. The Bertz CT molecular complexity index is 250. The molecule has 0 bridgehead atoms. The van der Waals surface area contributed by atoms with Crippen molar-refractivity contribution in [2.75, 3.05) is 39.5 Å². The molecule has 1 heterocycles. The van der Waals surface area contributed by atoms with Gasteiger partial charge in [0.2, 0.25) is 0 Å². The number of carbonyl (C=O) groups is 1. The van der Waals surface area contributed by atoms with Crippen LogP contribution < -0.4 is 5.73 Å². The molecular weight excluding hydrogens is 220 g/mol. The average Bonchev–Trinajstić information content (AvgIpc) is 2.31.